The number of carbonyl (C=O) groups is 2. The van der Waals surface area contributed by atoms with Gasteiger partial charge in [0, 0.05) is 18.3 Å². The predicted molar refractivity (Wildman–Crippen MR) is 98.8 cm³/mol. The van der Waals surface area contributed by atoms with Crippen molar-refractivity contribution in [2.75, 3.05) is 18.9 Å². The standard InChI is InChI=1S/C19H16F2N4O4/c1-24(10-16(26)22-15-8-6-14(21)7-9-15)17(27)11-25-19(28)29-18(23-25)12-2-4-13(20)5-3-12/h2-9H,10-11H2,1H3,(H,22,26). The van der Waals surface area contributed by atoms with E-state index >= 15 is 0 Å². The summed E-state index contributed by atoms with van der Waals surface area (Å²) in [5.74, 6) is -2.85. The van der Waals surface area contributed by atoms with Gasteiger partial charge in [0.05, 0.1) is 6.54 Å². The van der Waals surface area contributed by atoms with Gasteiger partial charge in [-0.3, -0.25) is 9.59 Å². The van der Waals surface area contributed by atoms with Crippen LogP contribution in [0.3, 0.4) is 0 Å². The number of aromatic nitrogens is 2. The van der Waals surface area contributed by atoms with Crippen LogP contribution in [0.15, 0.2) is 57.7 Å². The van der Waals surface area contributed by atoms with Crippen molar-refractivity contribution in [1.29, 1.82) is 0 Å². The van der Waals surface area contributed by atoms with Crippen LogP contribution in [0.1, 0.15) is 0 Å². The Bertz CT molecular complexity index is 1070. The van der Waals surface area contributed by atoms with E-state index in [1.807, 2.05) is 0 Å². The molecule has 0 aliphatic heterocycles. The SMILES string of the molecule is CN(CC(=O)Nc1ccc(F)cc1)C(=O)Cn1nc(-c2ccc(F)cc2)oc1=O. The Hall–Kier alpha value is -3.82. The molecule has 3 rings (SSSR count). The van der Waals surface area contributed by atoms with Crippen molar-refractivity contribution in [1.82, 2.24) is 14.7 Å². The van der Waals surface area contributed by atoms with E-state index in [0.717, 1.165) is 9.58 Å². The Kier molecular flexibility index (Phi) is 5.82. The summed E-state index contributed by atoms with van der Waals surface area (Å²) < 4.78 is 31.7. The highest BCUT2D eigenvalue weighted by Gasteiger charge is 2.18. The quantitative estimate of drug-likeness (QED) is 0.679. The fourth-order valence-corrected chi connectivity index (χ4v) is 2.40. The number of carbonyl (C=O) groups excluding carboxylic acids is 2. The molecule has 8 nitrogen and oxygen atoms in total. The van der Waals surface area contributed by atoms with E-state index in [0.29, 0.717) is 11.3 Å². The fraction of sp³-hybridized carbons (Fsp3) is 0.158. The molecule has 0 radical (unpaired) electrons. The Morgan fingerprint density at radius 2 is 1.66 bits per heavy atom. The number of hydrogen-bond donors (Lipinski definition) is 1. The zero-order valence-corrected chi connectivity index (χ0v) is 15.3. The zero-order chi connectivity index (χ0) is 21.0. The maximum atomic E-state index is 13.0. The van der Waals surface area contributed by atoms with Crippen LogP contribution < -0.4 is 11.1 Å². The molecule has 0 saturated carbocycles. The summed E-state index contributed by atoms with van der Waals surface area (Å²) in [4.78, 5) is 37.3. The highest BCUT2D eigenvalue weighted by atomic mass is 19.1. The van der Waals surface area contributed by atoms with Crippen molar-refractivity contribution in [3.63, 3.8) is 0 Å². The molecule has 0 spiro atoms. The maximum absolute atomic E-state index is 13.0. The van der Waals surface area contributed by atoms with E-state index in [-0.39, 0.29) is 12.4 Å². The van der Waals surface area contributed by atoms with Gasteiger partial charge in [0.2, 0.25) is 17.7 Å². The van der Waals surface area contributed by atoms with E-state index in [1.54, 1.807) is 0 Å². The molecule has 0 unspecified atom stereocenters. The molecule has 0 fully saturated rings. The lowest BCUT2D eigenvalue weighted by atomic mass is 10.2. The van der Waals surface area contributed by atoms with E-state index in [2.05, 4.69) is 10.4 Å². The first-order chi connectivity index (χ1) is 13.8. The molecule has 1 N–H and O–H groups in total. The number of halogens is 2. The van der Waals surface area contributed by atoms with Crippen molar-refractivity contribution in [2.24, 2.45) is 0 Å². The van der Waals surface area contributed by atoms with Gasteiger partial charge in [0.15, 0.2) is 0 Å². The molecular formula is C19H16F2N4O4. The van der Waals surface area contributed by atoms with Gasteiger partial charge in [0.25, 0.3) is 0 Å². The molecule has 150 valence electrons. The summed E-state index contributed by atoms with van der Waals surface area (Å²) >= 11 is 0. The second-order valence-corrected chi connectivity index (χ2v) is 6.14. The van der Waals surface area contributed by atoms with Crippen LogP contribution in [0.2, 0.25) is 0 Å². The summed E-state index contributed by atoms with van der Waals surface area (Å²) in [6.07, 6.45) is 0. The summed E-state index contributed by atoms with van der Waals surface area (Å²) in [5, 5.41) is 6.45. The van der Waals surface area contributed by atoms with E-state index in [1.165, 1.54) is 55.6 Å². The molecule has 0 aliphatic rings. The number of amides is 2. The topological polar surface area (TPSA) is 97.4 Å². The van der Waals surface area contributed by atoms with Crippen LogP contribution >= 0.6 is 0 Å². The molecule has 0 aliphatic carbocycles. The summed E-state index contributed by atoms with van der Waals surface area (Å²) in [5.41, 5.74) is 0.760. The average Bonchev–Trinajstić information content (AvgIpc) is 3.04. The van der Waals surface area contributed by atoms with Gasteiger partial charge in [-0.1, -0.05) is 0 Å². The van der Waals surface area contributed by atoms with Crippen molar-refractivity contribution >= 4 is 17.5 Å². The molecule has 10 heteroatoms. The van der Waals surface area contributed by atoms with Crippen LogP contribution in [0, 0.1) is 11.6 Å². The fourth-order valence-electron chi connectivity index (χ4n) is 2.40. The van der Waals surface area contributed by atoms with Crippen molar-refractivity contribution < 1.29 is 22.8 Å². The van der Waals surface area contributed by atoms with E-state index < -0.39 is 35.7 Å². The Balaban J connectivity index is 1.60. The predicted octanol–water partition coefficient (Wildman–Crippen LogP) is 1.88. The highest BCUT2D eigenvalue weighted by Crippen LogP contribution is 2.15. The Labute approximate surface area is 163 Å². The van der Waals surface area contributed by atoms with Gasteiger partial charge in [-0.2, -0.15) is 4.68 Å². The molecule has 29 heavy (non-hydrogen) atoms. The van der Waals surface area contributed by atoms with Gasteiger partial charge in [0.1, 0.15) is 18.2 Å². The molecule has 3 aromatic rings. The number of benzene rings is 2. The van der Waals surface area contributed by atoms with Crippen molar-refractivity contribution in [3.8, 4) is 11.5 Å². The molecule has 2 amide bonds. The van der Waals surface area contributed by atoms with Gasteiger partial charge < -0.3 is 14.6 Å². The number of nitrogens with zero attached hydrogens (tertiary/aromatic N) is 3. The second-order valence-electron chi connectivity index (χ2n) is 6.14. The lowest BCUT2D eigenvalue weighted by molar-refractivity contribution is -0.134. The first-order valence-electron chi connectivity index (χ1n) is 8.45. The largest absolute Gasteiger partial charge is 0.437 e. The third-order valence-electron chi connectivity index (χ3n) is 3.92. The Morgan fingerprint density at radius 3 is 2.28 bits per heavy atom. The first-order valence-corrected chi connectivity index (χ1v) is 8.45. The minimum atomic E-state index is -0.859. The number of likely N-dealkylation sites (N-methyl/N-ethyl adjacent to an activating group) is 1. The second kappa shape index (κ2) is 8.46. The maximum Gasteiger partial charge on any atom is 0.437 e. The van der Waals surface area contributed by atoms with Gasteiger partial charge >= 0.3 is 5.76 Å². The van der Waals surface area contributed by atoms with Crippen molar-refractivity contribution in [3.05, 3.63) is 70.7 Å². The normalized spacial score (nSPS) is 10.6. The summed E-state index contributed by atoms with van der Waals surface area (Å²) in [6.45, 7) is -0.725. The molecule has 2 aromatic carbocycles. The molecule has 1 aromatic heterocycles. The number of nitrogens with one attached hydrogen (secondary N) is 1. The van der Waals surface area contributed by atoms with Crippen molar-refractivity contribution in [2.45, 2.75) is 6.54 Å². The average molecular weight is 402 g/mol. The highest BCUT2D eigenvalue weighted by molar-refractivity contribution is 5.94. The third-order valence-corrected chi connectivity index (χ3v) is 3.92. The minimum absolute atomic E-state index is 0.0560. The number of hydrogen-bond acceptors (Lipinski definition) is 5. The monoisotopic (exact) mass is 402 g/mol. The minimum Gasteiger partial charge on any atom is -0.388 e. The van der Waals surface area contributed by atoms with E-state index in [9.17, 15) is 23.2 Å². The number of rotatable bonds is 6. The molecular weight excluding hydrogens is 386 g/mol. The van der Waals surface area contributed by atoms with Crippen LogP contribution in [0.4, 0.5) is 14.5 Å². The molecule has 0 saturated heterocycles. The lowest BCUT2D eigenvalue weighted by Crippen LogP contribution is -2.38. The Morgan fingerprint density at radius 1 is 1.07 bits per heavy atom. The van der Waals surface area contributed by atoms with Crippen LogP contribution in [-0.4, -0.2) is 40.1 Å². The van der Waals surface area contributed by atoms with E-state index in [4.69, 9.17) is 4.42 Å². The number of anilines is 1. The third kappa shape index (κ3) is 5.12. The van der Waals surface area contributed by atoms with Crippen LogP contribution in [0.5, 0.6) is 0 Å². The summed E-state index contributed by atoms with van der Waals surface area (Å²) in [6, 6.07) is 10.3. The first kappa shape index (κ1) is 19.9. The molecule has 1 heterocycles. The molecule has 0 atom stereocenters. The zero-order valence-electron chi connectivity index (χ0n) is 15.3. The van der Waals surface area contributed by atoms with Crippen LogP contribution in [0.25, 0.3) is 11.5 Å². The van der Waals surface area contributed by atoms with Gasteiger partial charge in [-0.25, -0.2) is 13.6 Å². The lowest BCUT2D eigenvalue weighted by Gasteiger charge is -2.16. The van der Waals surface area contributed by atoms with Gasteiger partial charge in [-0.15, -0.1) is 5.10 Å². The van der Waals surface area contributed by atoms with Gasteiger partial charge in [-0.05, 0) is 48.5 Å². The summed E-state index contributed by atoms with van der Waals surface area (Å²) in [7, 11) is 1.39. The smallest absolute Gasteiger partial charge is 0.388 e. The van der Waals surface area contributed by atoms with Crippen LogP contribution in [-0.2, 0) is 16.1 Å². The molecule has 0 bridgehead atoms.